The summed E-state index contributed by atoms with van der Waals surface area (Å²) in [6.07, 6.45) is 2.55. The molecular weight excluding hydrogens is 530 g/mol. The number of sulfone groups is 1. The van der Waals surface area contributed by atoms with Crippen LogP contribution in [0.4, 0.5) is 5.13 Å². The van der Waals surface area contributed by atoms with E-state index in [0.717, 1.165) is 13.0 Å². The maximum atomic E-state index is 13.2. The smallest absolute Gasteiger partial charge is 0.280 e. The Balaban J connectivity index is 0.00000420. The number of amides is 1. The van der Waals surface area contributed by atoms with E-state index in [-0.39, 0.29) is 30.5 Å². The molecule has 0 unspecified atom stereocenters. The standard InChI is InChI=1S/C25H31N5O6S2.H2/c1-30(2)13-3-15-35-21-12-11-20-24(27-21)37-25(26-20)28-23(32)22(29-36-16-4-14-31)17-5-7-18(8-6-17)38(33,34)19-9-10-19;/h5-8,11-12,19,31H,3-4,9-10,13-16H2,1-2H3,(H,26,28,32);1H/b29-22+;. The number of fused-ring (bicyclic) bond motifs is 1. The van der Waals surface area contributed by atoms with E-state index in [2.05, 4.69) is 25.3 Å². The molecular formula is C25H33N5O6S2. The first-order chi connectivity index (χ1) is 18.3. The molecule has 0 saturated heterocycles. The summed E-state index contributed by atoms with van der Waals surface area (Å²) in [5.74, 6) is -0.0930. The Morgan fingerprint density at radius 3 is 2.61 bits per heavy atom. The third-order valence-corrected chi connectivity index (χ3v) is 8.79. The van der Waals surface area contributed by atoms with E-state index in [4.69, 9.17) is 14.7 Å². The van der Waals surface area contributed by atoms with Gasteiger partial charge in [-0.15, -0.1) is 0 Å². The maximum absolute atomic E-state index is 13.2. The van der Waals surface area contributed by atoms with Gasteiger partial charge in [0, 0.05) is 32.6 Å². The first kappa shape index (κ1) is 27.9. The van der Waals surface area contributed by atoms with Crippen molar-refractivity contribution in [2.45, 2.75) is 35.8 Å². The lowest BCUT2D eigenvalue weighted by molar-refractivity contribution is -0.110. The number of hydrogen-bond donors (Lipinski definition) is 2. The van der Waals surface area contributed by atoms with Gasteiger partial charge in [0.05, 0.1) is 16.8 Å². The Morgan fingerprint density at radius 2 is 1.92 bits per heavy atom. The predicted molar refractivity (Wildman–Crippen MR) is 148 cm³/mol. The summed E-state index contributed by atoms with van der Waals surface area (Å²) >= 11 is 1.19. The van der Waals surface area contributed by atoms with Gasteiger partial charge in [0.15, 0.2) is 20.7 Å². The van der Waals surface area contributed by atoms with E-state index < -0.39 is 15.7 Å². The van der Waals surface area contributed by atoms with Crippen molar-refractivity contribution in [1.29, 1.82) is 0 Å². The summed E-state index contributed by atoms with van der Waals surface area (Å²) in [6, 6.07) is 9.53. The molecule has 11 nitrogen and oxygen atoms in total. The fourth-order valence-corrected chi connectivity index (χ4v) is 5.97. The Labute approximate surface area is 226 Å². The van der Waals surface area contributed by atoms with Crippen LogP contribution in [0.5, 0.6) is 5.88 Å². The van der Waals surface area contributed by atoms with E-state index in [9.17, 15) is 13.2 Å². The second-order valence-electron chi connectivity index (χ2n) is 9.07. The molecule has 0 atom stereocenters. The van der Waals surface area contributed by atoms with Crippen LogP contribution in [-0.4, -0.2) is 85.7 Å². The van der Waals surface area contributed by atoms with Crippen LogP contribution in [0.2, 0.25) is 0 Å². The third kappa shape index (κ3) is 7.25. The summed E-state index contributed by atoms with van der Waals surface area (Å²) < 4.78 is 30.8. The number of aliphatic hydroxyl groups is 1. The van der Waals surface area contributed by atoms with Gasteiger partial charge in [-0.2, -0.15) is 0 Å². The number of nitrogens with zero attached hydrogens (tertiary/aromatic N) is 4. The third-order valence-electron chi connectivity index (χ3n) is 5.63. The lowest BCUT2D eigenvalue weighted by atomic mass is 10.1. The second kappa shape index (κ2) is 12.6. The van der Waals surface area contributed by atoms with E-state index in [1.165, 1.54) is 35.6 Å². The van der Waals surface area contributed by atoms with Crippen molar-refractivity contribution in [3.63, 3.8) is 0 Å². The average Bonchev–Trinajstić information content (AvgIpc) is 3.68. The molecule has 2 aromatic heterocycles. The van der Waals surface area contributed by atoms with Crippen molar-refractivity contribution in [1.82, 2.24) is 14.9 Å². The van der Waals surface area contributed by atoms with E-state index in [1.807, 2.05) is 14.1 Å². The Kier molecular flexibility index (Phi) is 9.26. The summed E-state index contributed by atoms with van der Waals surface area (Å²) in [7, 11) is 0.648. The molecule has 1 fully saturated rings. The van der Waals surface area contributed by atoms with E-state index in [1.54, 1.807) is 12.1 Å². The zero-order chi connectivity index (χ0) is 27.1. The Morgan fingerprint density at radius 1 is 1.16 bits per heavy atom. The zero-order valence-electron chi connectivity index (χ0n) is 21.3. The van der Waals surface area contributed by atoms with Crippen LogP contribution in [0.15, 0.2) is 46.4 Å². The number of aromatic nitrogens is 2. The minimum atomic E-state index is -3.36. The molecule has 2 N–H and O–H groups in total. The second-order valence-corrected chi connectivity index (χ2v) is 12.3. The number of anilines is 1. The molecule has 0 radical (unpaired) electrons. The summed E-state index contributed by atoms with van der Waals surface area (Å²) in [5.41, 5.74) is 0.947. The lowest BCUT2D eigenvalue weighted by Crippen LogP contribution is -2.24. The lowest BCUT2D eigenvalue weighted by Gasteiger charge is -2.09. The van der Waals surface area contributed by atoms with Crippen molar-refractivity contribution >= 4 is 48.3 Å². The van der Waals surface area contributed by atoms with Gasteiger partial charge in [0.1, 0.15) is 17.0 Å². The molecule has 1 aliphatic carbocycles. The normalized spacial score (nSPS) is 14.2. The van der Waals surface area contributed by atoms with Crippen LogP contribution in [-0.2, 0) is 19.5 Å². The van der Waals surface area contributed by atoms with Crippen molar-refractivity contribution < 1.29 is 29.3 Å². The number of benzene rings is 1. The molecule has 0 aliphatic heterocycles. The number of carbonyl (C=O) groups is 1. The quantitative estimate of drug-likeness (QED) is 0.172. The number of ether oxygens (including phenoxy) is 1. The van der Waals surface area contributed by atoms with Gasteiger partial charge in [0.25, 0.3) is 5.91 Å². The van der Waals surface area contributed by atoms with Crippen LogP contribution < -0.4 is 10.1 Å². The highest BCUT2D eigenvalue weighted by Crippen LogP contribution is 2.33. The van der Waals surface area contributed by atoms with Gasteiger partial charge in [0.2, 0.25) is 5.88 Å². The summed E-state index contributed by atoms with van der Waals surface area (Å²) in [5, 5.41) is 15.7. The van der Waals surface area contributed by atoms with E-state index >= 15 is 0 Å². The van der Waals surface area contributed by atoms with Gasteiger partial charge in [-0.3, -0.25) is 10.1 Å². The zero-order valence-corrected chi connectivity index (χ0v) is 22.9. The molecule has 38 heavy (non-hydrogen) atoms. The number of thiazole rings is 1. The topological polar surface area (TPSA) is 143 Å². The first-order valence-electron chi connectivity index (χ1n) is 12.3. The molecule has 1 aromatic carbocycles. The van der Waals surface area contributed by atoms with Gasteiger partial charge in [-0.05, 0) is 51.6 Å². The largest absolute Gasteiger partial charge is 0.478 e. The van der Waals surface area contributed by atoms with Gasteiger partial charge >= 0.3 is 0 Å². The van der Waals surface area contributed by atoms with Gasteiger partial charge in [-0.1, -0.05) is 28.6 Å². The molecule has 1 aliphatic rings. The molecule has 3 aromatic rings. The van der Waals surface area contributed by atoms with Crippen LogP contribution >= 0.6 is 11.3 Å². The number of aliphatic hydroxyl groups excluding tert-OH is 1. The highest BCUT2D eigenvalue weighted by molar-refractivity contribution is 7.92. The number of hydrogen-bond acceptors (Lipinski definition) is 11. The number of pyridine rings is 1. The highest BCUT2D eigenvalue weighted by atomic mass is 32.2. The molecule has 1 amide bonds. The predicted octanol–water partition coefficient (Wildman–Crippen LogP) is 2.95. The van der Waals surface area contributed by atoms with Crippen molar-refractivity contribution in [3.8, 4) is 5.88 Å². The number of nitrogens with one attached hydrogen (secondary N) is 1. The van der Waals surface area contributed by atoms with Crippen LogP contribution in [0.25, 0.3) is 10.3 Å². The van der Waals surface area contributed by atoms with Crippen LogP contribution in [0.3, 0.4) is 0 Å². The molecule has 0 spiro atoms. The Bertz CT molecular complexity index is 1390. The highest BCUT2D eigenvalue weighted by Gasteiger charge is 2.36. The molecule has 2 heterocycles. The molecule has 206 valence electrons. The summed E-state index contributed by atoms with van der Waals surface area (Å²) in [6.45, 7) is 1.48. The summed E-state index contributed by atoms with van der Waals surface area (Å²) in [4.78, 5) is 30.2. The molecule has 0 bridgehead atoms. The SMILES string of the molecule is CN(C)CCCOc1ccc2nc(NC(=O)/C(=N/OCCCO)c3ccc(S(=O)(=O)C4CC4)cc3)sc2n1.[HH]. The molecule has 1 saturated carbocycles. The van der Waals surface area contributed by atoms with Crippen molar-refractivity contribution in [2.24, 2.45) is 5.16 Å². The number of carbonyl (C=O) groups excluding carboxylic acids is 1. The van der Waals surface area contributed by atoms with Crippen molar-refractivity contribution in [3.05, 3.63) is 42.0 Å². The Hall–Kier alpha value is -3.13. The maximum Gasteiger partial charge on any atom is 0.280 e. The number of rotatable bonds is 14. The van der Waals surface area contributed by atoms with Gasteiger partial charge in [-0.25, -0.2) is 18.4 Å². The van der Waals surface area contributed by atoms with Gasteiger partial charge < -0.3 is 19.6 Å². The fourth-order valence-electron chi connectivity index (χ4n) is 3.49. The minimum absolute atomic E-state index is 0. The molecule has 4 rings (SSSR count). The number of oxime groups is 1. The van der Waals surface area contributed by atoms with Crippen LogP contribution in [0, 0.1) is 0 Å². The van der Waals surface area contributed by atoms with E-state index in [0.29, 0.717) is 52.8 Å². The molecule has 13 heteroatoms. The first-order valence-corrected chi connectivity index (χ1v) is 14.7. The van der Waals surface area contributed by atoms with Crippen molar-refractivity contribution in [2.75, 3.05) is 45.8 Å². The van der Waals surface area contributed by atoms with Crippen LogP contribution in [0.1, 0.15) is 32.7 Å². The monoisotopic (exact) mass is 563 g/mol. The average molecular weight is 564 g/mol. The minimum Gasteiger partial charge on any atom is -0.478 e. The fraction of sp³-hybridized carbons (Fsp3) is 0.440.